The Labute approximate surface area is 576 Å². The molecule has 3 aromatic carbocycles. The van der Waals surface area contributed by atoms with Crippen molar-refractivity contribution in [3.63, 3.8) is 0 Å². The first kappa shape index (κ1) is 73.1. The van der Waals surface area contributed by atoms with E-state index in [9.17, 15) is 78.0 Å². The Morgan fingerprint density at radius 3 is 1.89 bits per heavy atom. The Hall–Kier alpha value is -10.2. The third-order valence-electron chi connectivity index (χ3n) is 18.6. The van der Waals surface area contributed by atoms with Crippen molar-refractivity contribution < 1.29 is 87.4 Å². The molecule has 30 nitrogen and oxygen atoms in total. The number of aliphatic hydroxyl groups excluding tert-OH is 1. The predicted octanol–water partition coefficient (Wildman–Crippen LogP) is 1.32. The summed E-state index contributed by atoms with van der Waals surface area (Å²) < 4.78 is 12.2. The number of nitrogens with zero attached hydrogens (tertiary/aromatic N) is 6. The van der Waals surface area contributed by atoms with Crippen molar-refractivity contribution in [3.8, 4) is 23.0 Å². The molecule has 99 heavy (non-hydrogen) atoms. The molecule has 530 valence electrons. The molecule has 8 atom stereocenters. The van der Waals surface area contributed by atoms with Gasteiger partial charge in [0.25, 0.3) is 0 Å². The maximum atomic E-state index is 14.3. The van der Waals surface area contributed by atoms with Gasteiger partial charge in [0.05, 0.1) is 18.2 Å². The van der Waals surface area contributed by atoms with Gasteiger partial charge in [-0.05, 0) is 139 Å². The first-order chi connectivity index (χ1) is 47.3. The highest BCUT2D eigenvalue weighted by atomic mass is 32.1. The van der Waals surface area contributed by atoms with E-state index < -0.39 is 139 Å². The van der Waals surface area contributed by atoms with Crippen molar-refractivity contribution in [2.45, 2.75) is 151 Å². The summed E-state index contributed by atoms with van der Waals surface area (Å²) >= 11 is 5.64. The van der Waals surface area contributed by atoms with Gasteiger partial charge in [-0.25, -0.2) is 4.79 Å². The normalized spacial score (nSPS) is 19.7. The van der Waals surface area contributed by atoms with Gasteiger partial charge >= 0.3 is 11.9 Å². The molecule has 9 rings (SSSR count). The number of aromatic hydroxyl groups is 2. The summed E-state index contributed by atoms with van der Waals surface area (Å²) in [6, 6.07) is 5.51. The molecule has 6 aliphatic rings. The fourth-order valence-corrected chi connectivity index (χ4v) is 14.1. The van der Waals surface area contributed by atoms with Crippen LogP contribution in [0.4, 0.5) is 5.69 Å². The van der Waals surface area contributed by atoms with Crippen LogP contribution >= 0.6 is 12.2 Å². The summed E-state index contributed by atoms with van der Waals surface area (Å²) in [5.74, 6) is -8.18. The van der Waals surface area contributed by atoms with Crippen LogP contribution in [0.5, 0.6) is 23.0 Å². The lowest BCUT2D eigenvalue weighted by Crippen LogP contribution is -2.60. The van der Waals surface area contributed by atoms with Crippen LogP contribution in [0.3, 0.4) is 0 Å². The molecule has 0 bridgehead atoms. The SMILES string of the molecule is C=CCN(CC(N)=O)C(=O)[C@H](CCC(=O)O)NC(=O)[C@@H]1CCCN1C(=O)[C@@H]1CCCN1C(=O)[C@H](C)NC(=O)[C@@H](NC(=O)[C@@H]1CCCN1C(=O)CN(CC=C)C(=O)[C@@H]1CCCN1C(=O)CCCCNC(=S)Nc1ccc2c(c1)C1(OC2=O)c2ccc(O)cc2Oc2cc(O)ccc21)[C@@H](C)O. The number of amides is 10. The number of hydrogen-bond donors (Lipinski definition) is 10. The minimum absolute atomic E-state index is 0.0539. The van der Waals surface area contributed by atoms with Gasteiger partial charge in [-0.1, -0.05) is 12.2 Å². The smallest absolute Gasteiger partial charge is 0.340 e. The van der Waals surface area contributed by atoms with Crippen LogP contribution in [0.1, 0.15) is 124 Å². The minimum Gasteiger partial charge on any atom is -0.508 e. The van der Waals surface area contributed by atoms with Gasteiger partial charge in [0.2, 0.25) is 59.1 Å². The number of nitrogens with two attached hydrogens (primary N) is 1. The second-order valence-corrected chi connectivity index (χ2v) is 25.8. The molecule has 6 aliphatic heterocycles. The molecule has 0 aliphatic carbocycles. The average Bonchev–Trinajstić information content (AvgIpc) is 1.62. The van der Waals surface area contributed by atoms with Crippen LogP contribution in [0.15, 0.2) is 79.9 Å². The van der Waals surface area contributed by atoms with Crippen LogP contribution in [0, 0.1) is 0 Å². The van der Waals surface area contributed by atoms with Crippen molar-refractivity contribution in [3.05, 3.63) is 102 Å². The Bertz CT molecular complexity index is 3670. The average molecular weight is 1390 g/mol. The molecular formula is C68H84N12O18S. The van der Waals surface area contributed by atoms with E-state index in [4.69, 9.17) is 27.4 Å². The number of phenols is 2. The lowest BCUT2D eigenvalue weighted by Gasteiger charge is -2.36. The first-order valence-electron chi connectivity index (χ1n) is 33.1. The van der Waals surface area contributed by atoms with Gasteiger partial charge in [0.1, 0.15) is 71.8 Å². The van der Waals surface area contributed by atoms with Crippen LogP contribution in [0.2, 0.25) is 0 Å². The number of unbranched alkanes of at least 4 members (excludes halogenated alkanes) is 1. The Morgan fingerprint density at radius 2 is 1.27 bits per heavy atom. The number of fused-ring (bicyclic) bond motifs is 6. The van der Waals surface area contributed by atoms with Gasteiger partial charge in [-0.2, -0.15) is 0 Å². The lowest BCUT2D eigenvalue weighted by atomic mass is 9.77. The van der Waals surface area contributed by atoms with E-state index in [2.05, 4.69) is 39.7 Å². The number of anilines is 1. The number of carboxylic acid groups (broad SMARTS) is 1. The summed E-state index contributed by atoms with van der Waals surface area (Å²) in [6.07, 6.45) is 4.08. The van der Waals surface area contributed by atoms with E-state index in [1.165, 1.54) is 74.8 Å². The molecule has 11 N–H and O–H groups in total. The highest BCUT2D eigenvalue weighted by Crippen LogP contribution is 2.57. The van der Waals surface area contributed by atoms with Crippen LogP contribution < -0.4 is 37.1 Å². The van der Waals surface area contributed by atoms with Gasteiger partial charge < -0.3 is 91.6 Å². The molecule has 4 saturated heterocycles. The van der Waals surface area contributed by atoms with Gasteiger partial charge in [-0.3, -0.25) is 52.7 Å². The molecular weight excluding hydrogens is 1300 g/mol. The summed E-state index contributed by atoms with van der Waals surface area (Å²) in [6.45, 7) is 9.84. The van der Waals surface area contributed by atoms with E-state index in [1.807, 2.05) is 0 Å². The molecule has 0 aromatic heterocycles. The van der Waals surface area contributed by atoms with Gasteiger partial charge in [0.15, 0.2) is 10.7 Å². The van der Waals surface area contributed by atoms with Crippen molar-refractivity contribution >= 4 is 94.0 Å². The van der Waals surface area contributed by atoms with Crippen molar-refractivity contribution in [1.82, 2.24) is 50.7 Å². The van der Waals surface area contributed by atoms with Gasteiger partial charge in [-0.15, -0.1) is 13.2 Å². The van der Waals surface area contributed by atoms with E-state index in [1.54, 1.807) is 30.3 Å². The maximum Gasteiger partial charge on any atom is 0.340 e. The van der Waals surface area contributed by atoms with Crippen molar-refractivity contribution in [2.24, 2.45) is 5.73 Å². The number of rotatable bonds is 28. The minimum atomic E-state index is -1.62. The molecule has 0 unspecified atom stereocenters. The fourth-order valence-electron chi connectivity index (χ4n) is 13.9. The van der Waals surface area contributed by atoms with E-state index >= 15 is 0 Å². The maximum absolute atomic E-state index is 14.3. The van der Waals surface area contributed by atoms with E-state index in [-0.39, 0.29) is 98.8 Å². The zero-order chi connectivity index (χ0) is 71.6. The number of hydrogen-bond acceptors (Lipinski definition) is 18. The number of aliphatic hydroxyl groups is 1. The summed E-state index contributed by atoms with van der Waals surface area (Å²) in [4.78, 5) is 170. The van der Waals surface area contributed by atoms with Crippen LogP contribution in [-0.4, -0.2) is 233 Å². The number of primary amides is 1. The summed E-state index contributed by atoms with van der Waals surface area (Å²) in [5.41, 5.74) is 6.08. The molecule has 0 radical (unpaired) electrons. The van der Waals surface area contributed by atoms with E-state index in [0.717, 1.165) is 4.90 Å². The van der Waals surface area contributed by atoms with Crippen LogP contribution in [0.25, 0.3) is 0 Å². The Balaban J connectivity index is 0.740. The number of benzene rings is 3. The van der Waals surface area contributed by atoms with Crippen molar-refractivity contribution in [2.75, 3.05) is 64.2 Å². The zero-order valence-corrected chi connectivity index (χ0v) is 55.9. The van der Waals surface area contributed by atoms with E-state index in [0.29, 0.717) is 86.0 Å². The monoisotopic (exact) mass is 1390 g/mol. The number of ether oxygens (including phenoxy) is 2. The molecule has 0 saturated carbocycles. The zero-order valence-electron chi connectivity index (χ0n) is 55.1. The molecule has 3 aromatic rings. The highest BCUT2D eigenvalue weighted by molar-refractivity contribution is 7.80. The summed E-state index contributed by atoms with van der Waals surface area (Å²) in [5, 5.41) is 55.1. The number of thiocarbonyl (C=S) groups is 1. The molecule has 4 fully saturated rings. The number of carboxylic acids is 1. The second-order valence-electron chi connectivity index (χ2n) is 25.4. The third-order valence-corrected chi connectivity index (χ3v) is 18.8. The number of likely N-dealkylation sites (tertiary alicyclic amines) is 4. The van der Waals surface area contributed by atoms with Crippen LogP contribution in [-0.2, 0) is 63.1 Å². The summed E-state index contributed by atoms with van der Waals surface area (Å²) in [7, 11) is 0. The number of phenolic OH excluding ortho intramolecular Hbond substituents is 2. The third kappa shape index (κ3) is 16.4. The number of nitrogens with one attached hydrogen (secondary N) is 5. The fraction of sp³-hybridized carbons (Fsp3) is 0.485. The number of carbonyl (C=O) groups is 12. The first-order valence-corrected chi connectivity index (χ1v) is 33.5. The number of carbonyl (C=O) groups excluding carboxylic acids is 11. The largest absolute Gasteiger partial charge is 0.508 e. The molecule has 31 heteroatoms. The van der Waals surface area contributed by atoms with Crippen molar-refractivity contribution in [1.29, 1.82) is 0 Å². The van der Waals surface area contributed by atoms with Gasteiger partial charge in [0, 0.05) is 93.2 Å². The Kier molecular flexibility index (Phi) is 23.6. The molecule has 6 heterocycles. The highest BCUT2D eigenvalue weighted by Gasteiger charge is 2.54. The second kappa shape index (κ2) is 32.0. The predicted molar refractivity (Wildman–Crippen MR) is 358 cm³/mol. The standard InChI is InChI=1S/C68H84N12O18S/c1-5-27-75(36-54(69)84)63(93)47(24-25-57(87)88)73-59(89)49-14-10-31-79(49)65(95)51-16-12-32-80(51)62(92)38(3)71-61(91)58(39(4)81)74-60(90)48-13-9-29-77(48)56(86)37-76(28-6-2)64(94)50-15-11-30-78(50)55(85)17-7-8-26-70-67(99)72-40-18-21-43-46(33-40)68(98-66(43)96)44-22-19-41(82)34-52(44)97-53-35-42(83)20-23-45(53)68/h5-6,18-23,33-35,38-39,47-51,58,81-83H,1-2,7-17,24-32,36-37H2,3-4H3,(H2,69,84)(H,71,91)(H,73,89)(H,74,90)(H,87,88)(H2,70,72,99)/t38-,39+,47-,48-,49-,50-,51-,58-/m0/s1. The quantitative estimate of drug-likeness (QED) is 0.0212. The molecule has 1 spiro atoms. The topological polar surface area (TPSA) is 410 Å². The lowest BCUT2D eigenvalue weighted by molar-refractivity contribution is -0.148. The number of esters is 1. The number of aliphatic carboxylic acids is 1. The Morgan fingerprint density at radius 1 is 0.697 bits per heavy atom. The molecule has 10 amide bonds.